The lowest BCUT2D eigenvalue weighted by molar-refractivity contribution is -0.115. The van der Waals surface area contributed by atoms with Crippen LogP contribution in [-0.2, 0) is 4.79 Å². The van der Waals surface area contributed by atoms with Gasteiger partial charge in [-0.05, 0) is 13.0 Å². The van der Waals surface area contributed by atoms with Gasteiger partial charge in [0.2, 0.25) is 11.8 Å². The average Bonchev–Trinajstić information content (AvgIpc) is 2.19. The van der Waals surface area contributed by atoms with Crippen LogP contribution in [0.2, 0.25) is 0 Å². The highest BCUT2D eigenvalue weighted by Gasteiger charge is 2.24. The molecule has 74 valence electrons. The lowest BCUT2D eigenvalue weighted by Gasteiger charge is -2.20. The topological polar surface area (TPSA) is 51.2 Å². The third-order valence-electron chi connectivity index (χ3n) is 1.96. The van der Waals surface area contributed by atoms with Gasteiger partial charge < -0.3 is 10.1 Å². The maximum atomic E-state index is 11.3. The Labute approximate surface area is 86.1 Å². The highest BCUT2D eigenvalue weighted by atomic mass is 32.2. The number of ether oxygens (including phenoxy) is 1. The average molecular weight is 210 g/mol. The molecule has 1 amide bonds. The van der Waals surface area contributed by atoms with Gasteiger partial charge in [-0.15, -0.1) is 0 Å². The molecule has 1 aliphatic rings. The van der Waals surface area contributed by atoms with Crippen LogP contribution in [0.1, 0.15) is 6.92 Å². The Balaban J connectivity index is 2.37. The first kappa shape index (κ1) is 9.33. The highest BCUT2D eigenvalue weighted by Crippen LogP contribution is 2.34. The van der Waals surface area contributed by atoms with E-state index in [9.17, 15) is 4.79 Å². The summed E-state index contributed by atoms with van der Waals surface area (Å²) in [6.45, 7) is 1.85. The van der Waals surface area contributed by atoms with Crippen molar-refractivity contribution in [1.29, 1.82) is 0 Å². The first-order valence-corrected chi connectivity index (χ1v) is 5.11. The minimum absolute atomic E-state index is 0.0227. The quantitative estimate of drug-likeness (QED) is 0.763. The van der Waals surface area contributed by atoms with Crippen molar-refractivity contribution in [2.24, 2.45) is 0 Å². The Morgan fingerprint density at radius 3 is 3.07 bits per heavy atom. The molecule has 2 rings (SSSR count). The molecule has 0 fully saturated rings. The molecule has 1 atom stereocenters. The van der Waals surface area contributed by atoms with Crippen molar-refractivity contribution in [1.82, 2.24) is 4.98 Å². The second-order valence-electron chi connectivity index (χ2n) is 2.96. The van der Waals surface area contributed by atoms with E-state index < -0.39 is 0 Å². The SMILES string of the molecule is COc1ccc2c(n1)SC(C)C(=O)N2. The van der Waals surface area contributed by atoms with E-state index in [0.29, 0.717) is 5.88 Å². The zero-order chi connectivity index (χ0) is 10.1. The van der Waals surface area contributed by atoms with Crippen molar-refractivity contribution in [2.75, 3.05) is 12.4 Å². The molecule has 0 saturated heterocycles. The van der Waals surface area contributed by atoms with E-state index >= 15 is 0 Å². The van der Waals surface area contributed by atoms with Crippen LogP contribution in [0.5, 0.6) is 5.88 Å². The fourth-order valence-corrected chi connectivity index (χ4v) is 2.07. The first-order valence-electron chi connectivity index (χ1n) is 4.23. The molecular formula is C9H10N2O2S. The van der Waals surface area contributed by atoms with Crippen LogP contribution in [0.15, 0.2) is 17.2 Å². The second kappa shape index (κ2) is 3.49. The number of rotatable bonds is 1. The van der Waals surface area contributed by atoms with Crippen molar-refractivity contribution < 1.29 is 9.53 Å². The number of thioether (sulfide) groups is 1. The van der Waals surface area contributed by atoms with Crippen LogP contribution in [0.4, 0.5) is 5.69 Å². The third kappa shape index (κ3) is 1.55. The molecule has 4 nitrogen and oxygen atoms in total. The molecule has 1 N–H and O–H groups in total. The molecule has 1 aromatic heterocycles. The Hall–Kier alpha value is -1.23. The van der Waals surface area contributed by atoms with E-state index in [2.05, 4.69) is 10.3 Å². The fraction of sp³-hybridized carbons (Fsp3) is 0.333. The lowest BCUT2D eigenvalue weighted by Crippen LogP contribution is -2.26. The fourth-order valence-electron chi connectivity index (χ4n) is 1.18. The summed E-state index contributed by atoms with van der Waals surface area (Å²) in [4.78, 5) is 15.6. The van der Waals surface area contributed by atoms with Crippen LogP contribution in [-0.4, -0.2) is 23.3 Å². The van der Waals surface area contributed by atoms with Gasteiger partial charge in [0.25, 0.3) is 0 Å². The molecule has 5 heteroatoms. The molecule has 2 heterocycles. The number of fused-ring (bicyclic) bond motifs is 1. The number of methoxy groups -OCH3 is 1. The van der Waals surface area contributed by atoms with Crippen molar-refractivity contribution in [3.63, 3.8) is 0 Å². The monoisotopic (exact) mass is 210 g/mol. The highest BCUT2D eigenvalue weighted by molar-refractivity contribution is 8.00. The summed E-state index contributed by atoms with van der Waals surface area (Å²) in [5.41, 5.74) is 0.763. The summed E-state index contributed by atoms with van der Waals surface area (Å²) in [6.07, 6.45) is 0. The van der Waals surface area contributed by atoms with E-state index in [-0.39, 0.29) is 11.2 Å². The van der Waals surface area contributed by atoms with Gasteiger partial charge in [-0.2, -0.15) is 0 Å². The summed E-state index contributed by atoms with van der Waals surface area (Å²) in [5.74, 6) is 0.592. The molecular weight excluding hydrogens is 200 g/mol. The van der Waals surface area contributed by atoms with Crippen molar-refractivity contribution >= 4 is 23.4 Å². The number of carbonyl (C=O) groups is 1. The number of nitrogens with zero attached hydrogens (tertiary/aromatic N) is 1. The molecule has 14 heavy (non-hydrogen) atoms. The number of aromatic nitrogens is 1. The van der Waals surface area contributed by atoms with Crippen LogP contribution in [0.3, 0.4) is 0 Å². The Bertz CT molecular complexity index is 381. The molecule has 0 radical (unpaired) electrons. The van der Waals surface area contributed by atoms with Gasteiger partial charge in [-0.25, -0.2) is 4.98 Å². The summed E-state index contributed by atoms with van der Waals surface area (Å²) in [6, 6.07) is 3.54. The molecule has 0 saturated carbocycles. The minimum Gasteiger partial charge on any atom is -0.481 e. The standard InChI is InChI=1S/C9H10N2O2S/c1-5-8(12)10-6-3-4-7(13-2)11-9(6)14-5/h3-5H,1-2H3,(H,10,12). The normalized spacial score (nSPS) is 19.9. The van der Waals surface area contributed by atoms with E-state index in [1.807, 2.05) is 6.92 Å². The van der Waals surface area contributed by atoms with Gasteiger partial charge >= 0.3 is 0 Å². The van der Waals surface area contributed by atoms with Crippen molar-refractivity contribution in [3.05, 3.63) is 12.1 Å². The molecule has 0 aliphatic carbocycles. The maximum absolute atomic E-state index is 11.3. The molecule has 1 unspecified atom stereocenters. The molecule has 0 bridgehead atoms. The molecule has 0 aromatic carbocycles. The van der Waals surface area contributed by atoms with Crippen molar-refractivity contribution in [2.45, 2.75) is 17.2 Å². The number of pyridine rings is 1. The number of hydrogen-bond donors (Lipinski definition) is 1. The van der Waals surface area contributed by atoms with Crippen LogP contribution in [0.25, 0.3) is 0 Å². The smallest absolute Gasteiger partial charge is 0.237 e. The predicted molar refractivity (Wildman–Crippen MR) is 54.7 cm³/mol. The number of amides is 1. The largest absolute Gasteiger partial charge is 0.481 e. The molecule has 1 aliphatic heterocycles. The predicted octanol–water partition coefficient (Wildman–Crippen LogP) is 1.52. The van der Waals surface area contributed by atoms with E-state index in [1.165, 1.54) is 11.8 Å². The van der Waals surface area contributed by atoms with Gasteiger partial charge in [0.05, 0.1) is 18.0 Å². The Morgan fingerprint density at radius 1 is 1.57 bits per heavy atom. The van der Waals surface area contributed by atoms with E-state index in [1.54, 1.807) is 19.2 Å². The summed E-state index contributed by atoms with van der Waals surface area (Å²) in [7, 11) is 1.57. The summed E-state index contributed by atoms with van der Waals surface area (Å²) in [5, 5.41) is 3.50. The van der Waals surface area contributed by atoms with Crippen LogP contribution in [0, 0.1) is 0 Å². The maximum Gasteiger partial charge on any atom is 0.237 e. The van der Waals surface area contributed by atoms with Gasteiger partial charge in [0.1, 0.15) is 5.03 Å². The molecule has 0 spiro atoms. The first-order chi connectivity index (χ1) is 6.70. The second-order valence-corrected chi connectivity index (χ2v) is 4.29. The Morgan fingerprint density at radius 2 is 2.36 bits per heavy atom. The zero-order valence-electron chi connectivity index (χ0n) is 7.90. The van der Waals surface area contributed by atoms with Gasteiger partial charge in [0.15, 0.2) is 0 Å². The number of anilines is 1. The van der Waals surface area contributed by atoms with Crippen LogP contribution >= 0.6 is 11.8 Å². The van der Waals surface area contributed by atoms with E-state index in [0.717, 1.165) is 10.7 Å². The van der Waals surface area contributed by atoms with Crippen molar-refractivity contribution in [3.8, 4) is 5.88 Å². The van der Waals surface area contributed by atoms with Gasteiger partial charge in [0, 0.05) is 6.07 Å². The van der Waals surface area contributed by atoms with E-state index in [4.69, 9.17) is 4.74 Å². The zero-order valence-corrected chi connectivity index (χ0v) is 8.72. The summed E-state index contributed by atoms with van der Waals surface area (Å²) < 4.78 is 5.01. The number of hydrogen-bond acceptors (Lipinski definition) is 4. The van der Waals surface area contributed by atoms with Gasteiger partial charge in [-0.3, -0.25) is 4.79 Å². The van der Waals surface area contributed by atoms with Gasteiger partial charge in [-0.1, -0.05) is 11.8 Å². The number of nitrogens with one attached hydrogen (secondary N) is 1. The Kier molecular flexibility index (Phi) is 2.33. The minimum atomic E-state index is -0.0953. The summed E-state index contributed by atoms with van der Waals surface area (Å²) >= 11 is 1.45. The third-order valence-corrected chi connectivity index (χ3v) is 3.06. The molecule has 1 aromatic rings. The number of carbonyl (C=O) groups excluding carboxylic acids is 1. The lowest BCUT2D eigenvalue weighted by atomic mass is 10.3. The van der Waals surface area contributed by atoms with Crippen LogP contribution < -0.4 is 10.1 Å².